The van der Waals surface area contributed by atoms with Crippen LogP contribution in [0.15, 0.2) is 0 Å². The first-order chi connectivity index (χ1) is 7.13. The Balaban J connectivity index is 2.34. The van der Waals surface area contributed by atoms with Gasteiger partial charge in [0.1, 0.15) is 6.54 Å². The fourth-order valence-corrected chi connectivity index (χ4v) is 1.14. The number of carbonyl (C=O) groups is 2. The van der Waals surface area contributed by atoms with E-state index in [1.807, 2.05) is 0 Å². The second-order valence-electron chi connectivity index (χ2n) is 3.58. The first-order valence-corrected chi connectivity index (χ1v) is 4.81. The molecule has 0 saturated heterocycles. The molecule has 0 spiro atoms. The van der Waals surface area contributed by atoms with E-state index in [0.717, 1.165) is 17.7 Å². The van der Waals surface area contributed by atoms with E-state index in [0.29, 0.717) is 12.5 Å². The van der Waals surface area contributed by atoms with E-state index in [1.165, 1.54) is 0 Å². The van der Waals surface area contributed by atoms with Crippen LogP contribution in [0.2, 0.25) is 0 Å². The summed E-state index contributed by atoms with van der Waals surface area (Å²) in [5, 5.41) is 11.2. The van der Waals surface area contributed by atoms with Crippen molar-refractivity contribution in [1.29, 1.82) is 0 Å². The number of nitrogens with zero attached hydrogens (tertiary/aromatic N) is 1. The van der Waals surface area contributed by atoms with E-state index in [1.54, 1.807) is 0 Å². The van der Waals surface area contributed by atoms with Gasteiger partial charge >= 0.3 is 12.0 Å². The number of carbonyl (C=O) groups excluding carboxylic acids is 1. The van der Waals surface area contributed by atoms with Crippen LogP contribution < -0.4 is 5.32 Å². The normalized spacial score (nSPS) is 14.1. The van der Waals surface area contributed by atoms with Crippen LogP contribution in [0.1, 0.15) is 12.8 Å². The summed E-state index contributed by atoms with van der Waals surface area (Å²) in [4.78, 5) is 23.0. The lowest BCUT2D eigenvalue weighted by Gasteiger charge is -2.18. The van der Waals surface area contributed by atoms with Crippen LogP contribution in [0.4, 0.5) is 4.79 Å². The predicted molar refractivity (Wildman–Crippen MR) is 54.2 cm³/mol. The number of hydrogen-bond donors (Lipinski definition) is 2. The number of carboxylic acids is 1. The number of terminal acetylenes is 1. The van der Waals surface area contributed by atoms with Crippen LogP contribution in [0.3, 0.4) is 0 Å². The van der Waals surface area contributed by atoms with Gasteiger partial charge in [-0.15, -0.1) is 6.42 Å². The van der Waals surface area contributed by atoms with Gasteiger partial charge in [0.15, 0.2) is 0 Å². The third-order valence-corrected chi connectivity index (χ3v) is 2.13. The average Bonchev–Trinajstić information content (AvgIpc) is 2.96. The first kappa shape index (κ1) is 11.4. The number of rotatable bonds is 5. The van der Waals surface area contributed by atoms with Crippen LogP contribution in [0.5, 0.6) is 0 Å². The van der Waals surface area contributed by atoms with E-state index in [2.05, 4.69) is 11.2 Å². The average molecular weight is 210 g/mol. The standard InChI is InChI=1S/C10H14N2O3/c1-2-5-12(7-9(13)14)10(15)11-6-8-3-4-8/h1,8H,3-7H2,(H,11,15)(H,13,14). The molecule has 1 aliphatic carbocycles. The summed E-state index contributed by atoms with van der Waals surface area (Å²) in [6.07, 6.45) is 7.31. The van der Waals surface area contributed by atoms with E-state index in [9.17, 15) is 9.59 Å². The van der Waals surface area contributed by atoms with E-state index >= 15 is 0 Å². The third kappa shape index (κ3) is 4.36. The predicted octanol–water partition coefficient (Wildman–Crippen LogP) is 0.126. The molecule has 0 aliphatic heterocycles. The molecule has 2 amide bonds. The molecule has 1 fully saturated rings. The summed E-state index contributed by atoms with van der Waals surface area (Å²) in [6.45, 7) is 0.267. The van der Waals surface area contributed by atoms with Crippen molar-refractivity contribution in [2.45, 2.75) is 12.8 Å². The molecule has 5 nitrogen and oxygen atoms in total. The second-order valence-corrected chi connectivity index (χ2v) is 3.58. The van der Waals surface area contributed by atoms with Gasteiger partial charge in [-0.3, -0.25) is 4.79 Å². The molecule has 0 heterocycles. The molecule has 0 aromatic rings. The maximum absolute atomic E-state index is 11.5. The molecule has 0 aromatic carbocycles. The fourth-order valence-electron chi connectivity index (χ4n) is 1.14. The molecular weight excluding hydrogens is 196 g/mol. The minimum atomic E-state index is -1.06. The summed E-state index contributed by atoms with van der Waals surface area (Å²) in [5.41, 5.74) is 0. The lowest BCUT2D eigenvalue weighted by atomic mass is 10.4. The number of carboxylic acid groups (broad SMARTS) is 1. The van der Waals surface area contributed by atoms with Crippen LogP contribution in [-0.4, -0.2) is 41.6 Å². The first-order valence-electron chi connectivity index (χ1n) is 4.81. The summed E-state index contributed by atoms with van der Waals surface area (Å²) in [6, 6.07) is -0.401. The molecule has 5 heteroatoms. The van der Waals surface area contributed by atoms with Crippen molar-refractivity contribution in [1.82, 2.24) is 10.2 Å². The summed E-state index contributed by atoms with van der Waals surface area (Å²) < 4.78 is 0. The zero-order chi connectivity index (χ0) is 11.3. The Hall–Kier alpha value is -1.70. The summed E-state index contributed by atoms with van der Waals surface area (Å²) in [5.74, 6) is 1.76. The summed E-state index contributed by atoms with van der Waals surface area (Å²) in [7, 11) is 0. The molecule has 0 aromatic heterocycles. The third-order valence-electron chi connectivity index (χ3n) is 2.13. The Labute approximate surface area is 88.4 Å². The minimum absolute atomic E-state index is 0.0167. The number of hydrogen-bond acceptors (Lipinski definition) is 2. The topological polar surface area (TPSA) is 69.6 Å². The highest BCUT2D eigenvalue weighted by Crippen LogP contribution is 2.27. The zero-order valence-electron chi connectivity index (χ0n) is 8.40. The van der Waals surface area contributed by atoms with Gasteiger partial charge in [0.05, 0.1) is 6.54 Å². The van der Waals surface area contributed by atoms with Crippen LogP contribution in [0.25, 0.3) is 0 Å². The zero-order valence-corrected chi connectivity index (χ0v) is 8.40. The fraction of sp³-hybridized carbons (Fsp3) is 0.600. The Morgan fingerprint density at radius 2 is 2.20 bits per heavy atom. The molecular formula is C10H14N2O3. The van der Waals surface area contributed by atoms with E-state index in [4.69, 9.17) is 11.5 Å². The van der Waals surface area contributed by atoms with Crippen LogP contribution in [-0.2, 0) is 4.79 Å². The number of urea groups is 1. The van der Waals surface area contributed by atoms with Gasteiger partial charge in [-0.2, -0.15) is 0 Å². The Morgan fingerprint density at radius 1 is 1.53 bits per heavy atom. The van der Waals surface area contributed by atoms with Crippen molar-refractivity contribution in [3.63, 3.8) is 0 Å². The van der Waals surface area contributed by atoms with Gasteiger partial charge in [0, 0.05) is 6.54 Å². The molecule has 0 radical (unpaired) electrons. The van der Waals surface area contributed by atoms with Crippen LogP contribution in [0, 0.1) is 18.3 Å². The maximum Gasteiger partial charge on any atom is 0.323 e. The Kier molecular flexibility index (Phi) is 3.98. The monoisotopic (exact) mass is 210 g/mol. The molecule has 0 unspecified atom stereocenters. The van der Waals surface area contributed by atoms with Crippen molar-refractivity contribution in [3.05, 3.63) is 0 Å². The van der Waals surface area contributed by atoms with Crippen molar-refractivity contribution >= 4 is 12.0 Å². The van der Waals surface area contributed by atoms with Crippen molar-refractivity contribution < 1.29 is 14.7 Å². The van der Waals surface area contributed by atoms with Gasteiger partial charge in [0.2, 0.25) is 0 Å². The Morgan fingerprint density at radius 3 is 2.67 bits per heavy atom. The smallest absolute Gasteiger partial charge is 0.323 e. The van der Waals surface area contributed by atoms with Crippen molar-refractivity contribution in [2.75, 3.05) is 19.6 Å². The highest BCUT2D eigenvalue weighted by Gasteiger charge is 2.23. The summed E-state index contributed by atoms with van der Waals surface area (Å²) >= 11 is 0. The van der Waals surface area contributed by atoms with Gasteiger partial charge < -0.3 is 15.3 Å². The van der Waals surface area contributed by atoms with Gasteiger partial charge in [0.25, 0.3) is 0 Å². The molecule has 2 N–H and O–H groups in total. The molecule has 1 saturated carbocycles. The Bertz CT molecular complexity index is 292. The van der Waals surface area contributed by atoms with Gasteiger partial charge in [-0.1, -0.05) is 5.92 Å². The molecule has 0 atom stereocenters. The lowest BCUT2D eigenvalue weighted by Crippen LogP contribution is -2.43. The van der Waals surface area contributed by atoms with Gasteiger partial charge in [-0.05, 0) is 18.8 Å². The van der Waals surface area contributed by atoms with Crippen LogP contribution >= 0.6 is 0 Å². The lowest BCUT2D eigenvalue weighted by molar-refractivity contribution is -0.137. The number of nitrogens with one attached hydrogen (secondary N) is 1. The van der Waals surface area contributed by atoms with E-state index in [-0.39, 0.29) is 13.1 Å². The number of aliphatic carboxylic acids is 1. The van der Waals surface area contributed by atoms with Crippen molar-refractivity contribution in [2.24, 2.45) is 5.92 Å². The van der Waals surface area contributed by atoms with E-state index < -0.39 is 12.0 Å². The largest absolute Gasteiger partial charge is 0.480 e. The molecule has 0 bridgehead atoms. The molecule has 82 valence electrons. The maximum atomic E-state index is 11.5. The highest BCUT2D eigenvalue weighted by molar-refractivity contribution is 5.80. The van der Waals surface area contributed by atoms with Gasteiger partial charge in [-0.25, -0.2) is 4.79 Å². The SMILES string of the molecule is C#CCN(CC(=O)O)C(=O)NCC1CC1. The molecule has 15 heavy (non-hydrogen) atoms. The number of amides is 2. The quantitative estimate of drug-likeness (QED) is 0.633. The molecule has 1 aliphatic rings. The molecule has 1 rings (SSSR count). The van der Waals surface area contributed by atoms with Crippen molar-refractivity contribution in [3.8, 4) is 12.3 Å². The second kappa shape index (κ2) is 5.25. The highest BCUT2D eigenvalue weighted by atomic mass is 16.4. The minimum Gasteiger partial charge on any atom is -0.480 e.